The smallest absolute Gasteiger partial charge is 0.164 e. The summed E-state index contributed by atoms with van der Waals surface area (Å²) >= 11 is 0. The van der Waals surface area contributed by atoms with E-state index in [9.17, 15) is 0 Å². The first-order chi connectivity index (χ1) is 31.1. The van der Waals surface area contributed by atoms with E-state index < -0.39 is 5.41 Å². The van der Waals surface area contributed by atoms with Gasteiger partial charge in [-0.2, -0.15) is 0 Å². The number of rotatable bonds is 9. The van der Waals surface area contributed by atoms with Crippen molar-refractivity contribution in [1.29, 1.82) is 0 Å². The Kier molecular flexibility index (Phi) is 9.59. The average Bonchev–Trinajstić information content (AvgIpc) is 3.69. The van der Waals surface area contributed by atoms with Crippen molar-refractivity contribution in [1.82, 2.24) is 19.5 Å². The molecule has 0 N–H and O–H groups in total. The van der Waals surface area contributed by atoms with Gasteiger partial charge in [0.1, 0.15) is 0 Å². The second kappa shape index (κ2) is 16.0. The van der Waals surface area contributed by atoms with Gasteiger partial charge in [-0.05, 0) is 82.8 Å². The minimum absolute atomic E-state index is 0.605. The van der Waals surface area contributed by atoms with Crippen LogP contribution in [0.4, 0.5) is 0 Å². The molecule has 11 rings (SSSR count). The summed E-state index contributed by atoms with van der Waals surface area (Å²) in [4.78, 5) is 15.6. The van der Waals surface area contributed by atoms with Crippen LogP contribution in [0.25, 0.3) is 72.8 Å². The predicted octanol–water partition coefficient (Wildman–Crippen LogP) is 14.3. The molecule has 0 bridgehead atoms. The Morgan fingerprint density at radius 1 is 0.333 bits per heavy atom. The average molecular weight is 807 g/mol. The molecule has 11 aromatic rings. The van der Waals surface area contributed by atoms with Crippen LogP contribution < -0.4 is 0 Å². The molecule has 0 saturated carbocycles. The molecule has 298 valence electrons. The highest BCUT2D eigenvalue weighted by atomic mass is 15.0. The molecule has 0 unspecified atom stereocenters. The lowest BCUT2D eigenvalue weighted by molar-refractivity contribution is 0.745. The zero-order valence-electron chi connectivity index (χ0n) is 34.8. The van der Waals surface area contributed by atoms with E-state index in [1.807, 2.05) is 36.4 Å². The molecule has 4 nitrogen and oxygen atoms in total. The number of aromatic nitrogens is 4. The monoisotopic (exact) mass is 806 g/mol. The molecule has 0 spiro atoms. The van der Waals surface area contributed by atoms with Gasteiger partial charge in [0, 0.05) is 33.2 Å². The Balaban J connectivity index is 1.21. The van der Waals surface area contributed by atoms with Crippen LogP contribution in [0, 0.1) is 6.92 Å². The Morgan fingerprint density at radius 2 is 0.810 bits per heavy atom. The summed E-state index contributed by atoms with van der Waals surface area (Å²) in [6, 6.07) is 84.3. The molecule has 0 saturated heterocycles. The Morgan fingerprint density at radius 3 is 1.40 bits per heavy atom. The van der Waals surface area contributed by atoms with Crippen LogP contribution in [-0.2, 0) is 5.41 Å². The fraction of sp³-hybridized carbons (Fsp3) is 0.0339. The van der Waals surface area contributed by atoms with Crippen molar-refractivity contribution in [2.75, 3.05) is 0 Å². The molecule has 0 fully saturated rings. The highest BCUT2D eigenvalue weighted by Gasteiger charge is 2.38. The topological polar surface area (TPSA) is 43.6 Å². The summed E-state index contributed by atoms with van der Waals surface area (Å²) in [5, 5.41) is 2.45. The lowest BCUT2D eigenvalue weighted by Crippen LogP contribution is -2.31. The Labute approximate surface area is 367 Å². The van der Waals surface area contributed by atoms with E-state index in [4.69, 9.17) is 15.0 Å². The van der Waals surface area contributed by atoms with Gasteiger partial charge in [0.25, 0.3) is 0 Å². The van der Waals surface area contributed by atoms with E-state index in [0.717, 1.165) is 50.1 Å². The molecule has 0 atom stereocenters. The predicted molar refractivity (Wildman–Crippen MR) is 259 cm³/mol. The molecule has 9 aromatic carbocycles. The van der Waals surface area contributed by atoms with Crippen molar-refractivity contribution >= 4 is 21.8 Å². The molecule has 0 radical (unpaired) electrons. The van der Waals surface area contributed by atoms with Gasteiger partial charge >= 0.3 is 0 Å². The van der Waals surface area contributed by atoms with Gasteiger partial charge in [-0.25, -0.2) is 15.0 Å². The van der Waals surface area contributed by atoms with Crippen LogP contribution in [-0.4, -0.2) is 19.5 Å². The minimum atomic E-state index is -0.629. The second-order valence-corrected chi connectivity index (χ2v) is 16.1. The number of para-hydroxylation sites is 1. The van der Waals surface area contributed by atoms with Crippen LogP contribution in [0.3, 0.4) is 0 Å². The van der Waals surface area contributed by atoms with E-state index in [2.05, 4.69) is 212 Å². The number of aryl methyl sites for hydroxylation is 1. The van der Waals surface area contributed by atoms with E-state index in [1.165, 1.54) is 33.0 Å². The molecular weight excluding hydrogens is 765 g/mol. The second-order valence-electron chi connectivity index (χ2n) is 16.1. The lowest BCUT2D eigenvalue weighted by Gasteiger charge is -2.37. The van der Waals surface area contributed by atoms with Crippen molar-refractivity contribution in [2.45, 2.75) is 12.3 Å². The molecule has 0 aliphatic heterocycles. The maximum absolute atomic E-state index is 5.27. The first-order valence-corrected chi connectivity index (χ1v) is 21.4. The summed E-state index contributed by atoms with van der Waals surface area (Å²) in [7, 11) is 0. The summed E-state index contributed by atoms with van der Waals surface area (Å²) < 4.78 is 2.39. The molecular formula is C59H42N4. The van der Waals surface area contributed by atoms with Gasteiger partial charge in [0.2, 0.25) is 0 Å². The third-order valence-corrected chi connectivity index (χ3v) is 12.3. The number of fused-ring (bicyclic) bond motifs is 3. The zero-order chi connectivity index (χ0) is 42.2. The van der Waals surface area contributed by atoms with E-state index in [0.29, 0.717) is 17.5 Å². The third-order valence-electron chi connectivity index (χ3n) is 12.3. The molecule has 63 heavy (non-hydrogen) atoms. The Hall–Kier alpha value is -8.21. The number of hydrogen-bond donors (Lipinski definition) is 0. The van der Waals surface area contributed by atoms with Gasteiger partial charge in [0.05, 0.1) is 16.4 Å². The van der Waals surface area contributed by atoms with Gasteiger partial charge in [-0.1, -0.05) is 200 Å². The Bertz CT molecular complexity index is 3230. The van der Waals surface area contributed by atoms with Crippen molar-refractivity contribution < 1.29 is 0 Å². The third kappa shape index (κ3) is 6.70. The zero-order valence-corrected chi connectivity index (χ0v) is 34.8. The van der Waals surface area contributed by atoms with Crippen LogP contribution in [0.1, 0.15) is 27.8 Å². The van der Waals surface area contributed by atoms with Crippen molar-refractivity contribution in [3.05, 3.63) is 264 Å². The first kappa shape index (κ1) is 37.8. The standard InChI is InChI=1S/C59H42N4/c1-41-34-37-55-53(38-41)50-32-17-18-33-54(50)63(55)49-35-36-51(58-61-56(42-20-7-2-8-21-42)60-57(62-58)43-22-9-3-10-23-43)52(40-49)44-24-19-31-48(39-44)59(45-25-11-4-12-26-45,46-27-13-5-14-28-46)47-29-15-6-16-30-47/h2-40H,1H3. The fourth-order valence-electron chi connectivity index (χ4n) is 9.38. The van der Waals surface area contributed by atoms with E-state index in [1.54, 1.807) is 0 Å². The maximum Gasteiger partial charge on any atom is 0.164 e. The van der Waals surface area contributed by atoms with E-state index in [-0.39, 0.29) is 0 Å². The van der Waals surface area contributed by atoms with Crippen LogP contribution >= 0.6 is 0 Å². The normalized spacial score (nSPS) is 11.6. The number of hydrogen-bond acceptors (Lipinski definition) is 3. The molecule has 0 amide bonds. The van der Waals surface area contributed by atoms with Crippen molar-refractivity contribution in [3.8, 4) is 51.0 Å². The van der Waals surface area contributed by atoms with Crippen molar-refractivity contribution in [3.63, 3.8) is 0 Å². The van der Waals surface area contributed by atoms with Crippen LogP contribution in [0.15, 0.2) is 237 Å². The molecule has 4 heteroatoms. The largest absolute Gasteiger partial charge is 0.309 e. The summed E-state index contributed by atoms with van der Waals surface area (Å²) in [6.07, 6.45) is 0. The molecule has 0 aliphatic carbocycles. The maximum atomic E-state index is 5.27. The minimum Gasteiger partial charge on any atom is -0.309 e. The quantitative estimate of drug-likeness (QED) is 0.136. The van der Waals surface area contributed by atoms with Crippen molar-refractivity contribution in [2.24, 2.45) is 0 Å². The fourth-order valence-corrected chi connectivity index (χ4v) is 9.38. The van der Waals surface area contributed by atoms with E-state index >= 15 is 0 Å². The number of benzene rings is 9. The van der Waals surface area contributed by atoms with Gasteiger partial charge in [0.15, 0.2) is 17.5 Å². The van der Waals surface area contributed by atoms with Crippen LogP contribution in [0.2, 0.25) is 0 Å². The summed E-state index contributed by atoms with van der Waals surface area (Å²) in [6.45, 7) is 2.16. The highest BCUT2D eigenvalue weighted by molar-refractivity contribution is 6.09. The van der Waals surface area contributed by atoms with Gasteiger partial charge < -0.3 is 4.57 Å². The van der Waals surface area contributed by atoms with Crippen LogP contribution in [0.5, 0.6) is 0 Å². The lowest BCUT2D eigenvalue weighted by atomic mass is 9.65. The highest BCUT2D eigenvalue weighted by Crippen LogP contribution is 2.47. The first-order valence-electron chi connectivity index (χ1n) is 21.4. The molecule has 2 aromatic heterocycles. The van der Waals surface area contributed by atoms with Gasteiger partial charge in [-0.3, -0.25) is 0 Å². The summed E-state index contributed by atoms with van der Waals surface area (Å²) in [5.74, 6) is 1.85. The number of nitrogens with zero attached hydrogens (tertiary/aromatic N) is 4. The van der Waals surface area contributed by atoms with Gasteiger partial charge in [-0.15, -0.1) is 0 Å². The molecule has 0 aliphatic rings. The SMILES string of the molecule is Cc1ccc2c(c1)c1ccccc1n2-c1ccc(-c2nc(-c3ccccc3)nc(-c3ccccc3)n2)c(-c2cccc(C(c3ccccc3)(c3ccccc3)c3ccccc3)c2)c1. The molecule has 2 heterocycles. The summed E-state index contributed by atoms with van der Waals surface area (Å²) in [5.41, 5.74) is 13.5.